The minimum atomic E-state index is -0.145. The number of carbonyl (C=O) groups is 1. The molecule has 0 aliphatic rings. The molecule has 3 nitrogen and oxygen atoms in total. The number of rotatable bonds is 5. The maximum atomic E-state index is 11.8. The summed E-state index contributed by atoms with van der Waals surface area (Å²) < 4.78 is 5.49. The highest BCUT2D eigenvalue weighted by molar-refractivity contribution is 9.09. The third-order valence-electron chi connectivity index (χ3n) is 2.71. The fraction of sp³-hybridized carbons (Fsp3) is 0.357. The molecule has 0 spiro atoms. The van der Waals surface area contributed by atoms with E-state index in [4.69, 9.17) is 4.42 Å². The predicted molar refractivity (Wildman–Crippen MR) is 76.2 cm³/mol. The Morgan fingerprint density at radius 1 is 1.44 bits per heavy atom. The quantitative estimate of drug-likeness (QED) is 0.675. The van der Waals surface area contributed by atoms with Crippen molar-refractivity contribution in [1.82, 2.24) is 5.32 Å². The molecule has 4 heteroatoms. The van der Waals surface area contributed by atoms with Crippen molar-refractivity contribution in [2.24, 2.45) is 0 Å². The number of nitrogens with one attached hydrogen (secondary N) is 1. The third-order valence-corrected chi connectivity index (χ3v) is 3.17. The SMILES string of the molecule is CC(Br)CCCNC(=O)c1cc2ccccc2o1. The number of halogens is 1. The number of benzene rings is 1. The van der Waals surface area contributed by atoms with Crippen molar-refractivity contribution in [3.63, 3.8) is 0 Å². The first kappa shape index (κ1) is 13.1. The summed E-state index contributed by atoms with van der Waals surface area (Å²) in [6.45, 7) is 2.77. The van der Waals surface area contributed by atoms with Crippen LogP contribution in [0.25, 0.3) is 11.0 Å². The highest BCUT2D eigenvalue weighted by Gasteiger charge is 2.11. The lowest BCUT2D eigenvalue weighted by Gasteiger charge is -2.04. The lowest BCUT2D eigenvalue weighted by Crippen LogP contribution is -2.24. The first-order chi connectivity index (χ1) is 8.66. The van der Waals surface area contributed by atoms with Crippen LogP contribution < -0.4 is 5.32 Å². The van der Waals surface area contributed by atoms with Crippen LogP contribution in [0.15, 0.2) is 34.7 Å². The minimum absolute atomic E-state index is 0.145. The van der Waals surface area contributed by atoms with Crippen LogP contribution in [0, 0.1) is 0 Å². The molecule has 2 rings (SSSR count). The maximum absolute atomic E-state index is 11.8. The summed E-state index contributed by atoms with van der Waals surface area (Å²) in [6, 6.07) is 9.39. The van der Waals surface area contributed by atoms with Crippen LogP contribution in [0.5, 0.6) is 0 Å². The summed E-state index contributed by atoms with van der Waals surface area (Å²) in [5.74, 6) is 0.233. The number of furan rings is 1. The standard InChI is InChI=1S/C14H16BrNO2/c1-10(15)5-4-8-16-14(17)13-9-11-6-2-3-7-12(11)18-13/h2-3,6-7,9-10H,4-5,8H2,1H3,(H,16,17). The number of hydrogen-bond donors (Lipinski definition) is 1. The van der Waals surface area contributed by atoms with E-state index in [-0.39, 0.29) is 5.91 Å². The molecule has 1 atom stereocenters. The highest BCUT2D eigenvalue weighted by Crippen LogP contribution is 2.18. The minimum Gasteiger partial charge on any atom is -0.451 e. The van der Waals surface area contributed by atoms with Crippen LogP contribution in [-0.4, -0.2) is 17.3 Å². The second-order valence-electron chi connectivity index (χ2n) is 4.33. The molecule has 0 aliphatic heterocycles. The molecule has 1 aromatic heterocycles. The van der Waals surface area contributed by atoms with E-state index in [1.807, 2.05) is 24.3 Å². The molecule has 1 amide bonds. The van der Waals surface area contributed by atoms with Crippen LogP contribution in [0.1, 0.15) is 30.3 Å². The average Bonchev–Trinajstić information content (AvgIpc) is 2.78. The van der Waals surface area contributed by atoms with Crippen LogP contribution >= 0.6 is 15.9 Å². The van der Waals surface area contributed by atoms with Gasteiger partial charge in [0, 0.05) is 16.8 Å². The zero-order chi connectivity index (χ0) is 13.0. The third kappa shape index (κ3) is 3.35. The highest BCUT2D eigenvalue weighted by atomic mass is 79.9. The Bertz CT molecular complexity index is 500. The smallest absolute Gasteiger partial charge is 0.287 e. The molecule has 0 saturated carbocycles. The second-order valence-corrected chi connectivity index (χ2v) is 5.89. The second kappa shape index (κ2) is 6.05. The Labute approximate surface area is 115 Å². The zero-order valence-electron chi connectivity index (χ0n) is 10.3. The summed E-state index contributed by atoms with van der Waals surface area (Å²) >= 11 is 3.48. The van der Waals surface area contributed by atoms with Crippen LogP contribution in [0.4, 0.5) is 0 Å². The van der Waals surface area contributed by atoms with E-state index in [0.717, 1.165) is 23.8 Å². The maximum Gasteiger partial charge on any atom is 0.287 e. The van der Waals surface area contributed by atoms with E-state index in [1.165, 1.54) is 0 Å². The number of alkyl halides is 1. The molecule has 96 valence electrons. The van der Waals surface area contributed by atoms with E-state index in [9.17, 15) is 4.79 Å². The van der Waals surface area contributed by atoms with Crippen molar-refractivity contribution in [2.45, 2.75) is 24.6 Å². The van der Waals surface area contributed by atoms with Gasteiger partial charge in [-0.15, -0.1) is 0 Å². The predicted octanol–water partition coefficient (Wildman–Crippen LogP) is 3.73. The molecule has 0 fully saturated rings. The van der Waals surface area contributed by atoms with Crippen molar-refractivity contribution in [1.29, 1.82) is 0 Å². The molecule has 1 N–H and O–H groups in total. The molecule has 2 aromatic rings. The van der Waals surface area contributed by atoms with Gasteiger partial charge in [-0.3, -0.25) is 4.79 Å². The lowest BCUT2D eigenvalue weighted by molar-refractivity contribution is 0.0927. The molecular weight excluding hydrogens is 294 g/mol. The Hall–Kier alpha value is -1.29. The van der Waals surface area contributed by atoms with Gasteiger partial charge >= 0.3 is 0 Å². The first-order valence-corrected chi connectivity index (χ1v) is 6.99. The topological polar surface area (TPSA) is 42.2 Å². The van der Waals surface area contributed by atoms with Gasteiger partial charge in [0.25, 0.3) is 5.91 Å². The summed E-state index contributed by atoms with van der Waals surface area (Å²) in [7, 11) is 0. The molecular formula is C14H16BrNO2. The Kier molecular flexibility index (Phi) is 4.42. The molecule has 0 radical (unpaired) electrons. The van der Waals surface area contributed by atoms with Gasteiger partial charge in [0.1, 0.15) is 5.58 Å². The van der Waals surface area contributed by atoms with E-state index < -0.39 is 0 Å². The number of carbonyl (C=O) groups excluding carboxylic acids is 1. The van der Waals surface area contributed by atoms with Gasteiger partial charge in [-0.05, 0) is 25.0 Å². The summed E-state index contributed by atoms with van der Waals surface area (Å²) in [5.41, 5.74) is 0.747. The van der Waals surface area contributed by atoms with Crippen molar-refractivity contribution < 1.29 is 9.21 Å². The largest absolute Gasteiger partial charge is 0.451 e. The van der Waals surface area contributed by atoms with E-state index in [1.54, 1.807) is 6.07 Å². The van der Waals surface area contributed by atoms with Gasteiger partial charge in [-0.25, -0.2) is 0 Å². The van der Waals surface area contributed by atoms with Crippen molar-refractivity contribution in [3.05, 3.63) is 36.1 Å². The lowest BCUT2D eigenvalue weighted by atomic mass is 10.2. The number of amides is 1. The van der Waals surface area contributed by atoms with E-state index >= 15 is 0 Å². The van der Waals surface area contributed by atoms with Gasteiger partial charge in [0.15, 0.2) is 5.76 Å². The van der Waals surface area contributed by atoms with Crippen LogP contribution in [0.2, 0.25) is 0 Å². The zero-order valence-corrected chi connectivity index (χ0v) is 11.9. The number of hydrogen-bond acceptors (Lipinski definition) is 2. The summed E-state index contributed by atoms with van der Waals surface area (Å²) in [4.78, 5) is 12.3. The van der Waals surface area contributed by atoms with Gasteiger partial charge in [-0.1, -0.05) is 41.1 Å². The van der Waals surface area contributed by atoms with Gasteiger partial charge < -0.3 is 9.73 Å². The Morgan fingerprint density at radius 3 is 2.94 bits per heavy atom. The molecule has 18 heavy (non-hydrogen) atoms. The number of para-hydroxylation sites is 1. The normalized spacial score (nSPS) is 12.6. The van der Waals surface area contributed by atoms with Gasteiger partial charge in [0.05, 0.1) is 0 Å². The monoisotopic (exact) mass is 309 g/mol. The fourth-order valence-corrected chi connectivity index (χ4v) is 2.09. The molecule has 1 heterocycles. The molecule has 1 aromatic carbocycles. The van der Waals surface area contributed by atoms with E-state index in [2.05, 4.69) is 28.2 Å². The first-order valence-electron chi connectivity index (χ1n) is 6.07. The molecule has 0 saturated heterocycles. The van der Waals surface area contributed by atoms with Crippen LogP contribution in [-0.2, 0) is 0 Å². The van der Waals surface area contributed by atoms with Gasteiger partial charge in [0.2, 0.25) is 0 Å². The van der Waals surface area contributed by atoms with Gasteiger partial charge in [-0.2, -0.15) is 0 Å². The molecule has 0 aliphatic carbocycles. The summed E-state index contributed by atoms with van der Waals surface area (Å²) in [5, 5.41) is 3.82. The van der Waals surface area contributed by atoms with Crippen molar-refractivity contribution >= 4 is 32.8 Å². The van der Waals surface area contributed by atoms with Crippen molar-refractivity contribution in [2.75, 3.05) is 6.54 Å². The Morgan fingerprint density at radius 2 is 2.22 bits per heavy atom. The molecule has 1 unspecified atom stereocenters. The van der Waals surface area contributed by atoms with E-state index in [0.29, 0.717) is 17.1 Å². The van der Waals surface area contributed by atoms with Crippen LogP contribution in [0.3, 0.4) is 0 Å². The number of fused-ring (bicyclic) bond motifs is 1. The molecule has 0 bridgehead atoms. The van der Waals surface area contributed by atoms with Crippen molar-refractivity contribution in [3.8, 4) is 0 Å². The summed E-state index contributed by atoms with van der Waals surface area (Å²) in [6.07, 6.45) is 2.00. The fourth-order valence-electron chi connectivity index (χ4n) is 1.77. The average molecular weight is 310 g/mol. The Balaban J connectivity index is 1.92.